The quantitative estimate of drug-likeness (QED) is 0.346. The Kier molecular flexibility index (Phi) is 8.52. The van der Waals surface area contributed by atoms with Gasteiger partial charge in [-0.25, -0.2) is 0 Å². The molecule has 4 heteroatoms. The van der Waals surface area contributed by atoms with Gasteiger partial charge >= 0.3 is 0 Å². The summed E-state index contributed by atoms with van der Waals surface area (Å²) in [5, 5.41) is 0. The lowest BCUT2D eigenvalue weighted by Crippen LogP contribution is -2.44. The smallest absolute Gasteiger partial charge is 0.0731 e. The number of piperidine rings is 1. The van der Waals surface area contributed by atoms with Crippen LogP contribution in [0.5, 0.6) is 0 Å². The second kappa shape index (κ2) is 11.5. The van der Waals surface area contributed by atoms with Crippen LogP contribution in [0.15, 0.2) is 42.5 Å². The topological polar surface area (TPSA) is 28.6 Å². The summed E-state index contributed by atoms with van der Waals surface area (Å²) in [5.41, 5.74) is 13.2. The molecular formula is C34H47N3O. The minimum atomic E-state index is 0. The van der Waals surface area contributed by atoms with Crippen LogP contribution in [0.3, 0.4) is 0 Å². The maximum absolute atomic E-state index is 5.75. The van der Waals surface area contributed by atoms with Crippen molar-refractivity contribution in [1.82, 2.24) is 4.98 Å². The minimum absolute atomic E-state index is 0. The van der Waals surface area contributed by atoms with Gasteiger partial charge in [0, 0.05) is 67.4 Å². The average Bonchev–Trinajstić information content (AvgIpc) is 2.88. The lowest BCUT2D eigenvalue weighted by Gasteiger charge is -2.42. The van der Waals surface area contributed by atoms with Gasteiger partial charge in [-0.2, -0.15) is 0 Å². The molecule has 5 rings (SSSR count). The van der Waals surface area contributed by atoms with Crippen molar-refractivity contribution in [2.24, 2.45) is 0 Å². The first-order valence-electron chi connectivity index (χ1n) is 14.0. The normalized spacial score (nSPS) is 19.4. The van der Waals surface area contributed by atoms with Crippen molar-refractivity contribution in [1.29, 1.82) is 0 Å². The third kappa shape index (κ3) is 5.33. The van der Waals surface area contributed by atoms with Gasteiger partial charge in [-0.05, 0) is 80.8 Å². The lowest BCUT2D eigenvalue weighted by atomic mass is 9.93. The van der Waals surface area contributed by atoms with Crippen LogP contribution in [0.25, 0.3) is 11.3 Å². The molecule has 1 fully saturated rings. The summed E-state index contributed by atoms with van der Waals surface area (Å²) in [6, 6.07) is 16.4. The van der Waals surface area contributed by atoms with Crippen LogP contribution in [0.2, 0.25) is 0 Å². The Labute approximate surface area is 231 Å². The van der Waals surface area contributed by atoms with Gasteiger partial charge in [-0.3, -0.25) is 4.98 Å². The summed E-state index contributed by atoms with van der Waals surface area (Å²) >= 11 is 0. The number of rotatable bonds is 5. The molecule has 0 unspecified atom stereocenters. The van der Waals surface area contributed by atoms with Crippen molar-refractivity contribution < 1.29 is 4.74 Å². The molecule has 204 valence electrons. The molecule has 0 bridgehead atoms. The van der Waals surface area contributed by atoms with Gasteiger partial charge in [0.15, 0.2) is 0 Å². The fraction of sp³-hybridized carbons (Fsp3) is 0.500. The van der Waals surface area contributed by atoms with E-state index in [-0.39, 0.29) is 7.43 Å². The molecule has 38 heavy (non-hydrogen) atoms. The minimum Gasteiger partial charge on any atom is -0.381 e. The molecule has 0 saturated carbocycles. The Morgan fingerprint density at radius 2 is 1.68 bits per heavy atom. The lowest BCUT2D eigenvalue weighted by molar-refractivity contribution is 0.0721. The molecule has 0 amide bonds. The van der Waals surface area contributed by atoms with Crippen molar-refractivity contribution in [3.05, 3.63) is 76.0 Å². The SMILES string of the molecule is C.CO[C@@H]1CCN(c2cc(-c3c(C)cccc3C)nc3c2CN(c2cc(C(C)C)ccc2C)CC3)[C@H](C)C1. The molecule has 1 saturated heterocycles. The summed E-state index contributed by atoms with van der Waals surface area (Å²) in [7, 11) is 1.85. The molecule has 2 atom stereocenters. The highest BCUT2D eigenvalue weighted by Crippen LogP contribution is 2.39. The van der Waals surface area contributed by atoms with E-state index in [9.17, 15) is 0 Å². The van der Waals surface area contributed by atoms with E-state index < -0.39 is 0 Å². The van der Waals surface area contributed by atoms with E-state index in [0.717, 1.165) is 44.6 Å². The van der Waals surface area contributed by atoms with Crippen LogP contribution < -0.4 is 9.80 Å². The highest BCUT2D eigenvalue weighted by molar-refractivity contribution is 5.74. The van der Waals surface area contributed by atoms with E-state index in [1.165, 1.54) is 50.4 Å². The van der Waals surface area contributed by atoms with Crippen LogP contribution in [-0.4, -0.2) is 37.3 Å². The molecule has 0 aliphatic carbocycles. The Morgan fingerprint density at radius 1 is 0.947 bits per heavy atom. The zero-order chi connectivity index (χ0) is 26.3. The molecule has 2 aliphatic heterocycles. The number of nitrogens with zero attached hydrogens (tertiary/aromatic N) is 3. The Morgan fingerprint density at radius 3 is 2.34 bits per heavy atom. The number of methoxy groups -OCH3 is 1. The second-order valence-corrected chi connectivity index (χ2v) is 11.5. The first kappa shape index (κ1) is 28.2. The molecule has 1 aromatic heterocycles. The average molecular weight is 514 g/mol. The van der Waals surface area contributed by atoms with Gasteiger partial charge in [-0.15, -0.1) is 0 Å². The predicted octanol–water partition coefficient (Wildman–Crippen LogP) is 8.00. The van der Waals surface area contributed by atoms with Crippen LogP contribution in [0.4, 0.5) is 11.4 Å². The van der Waals surface area contributed by atoms with Gasteiger partial charge in [0.1, 0.15) is 0 Å². The van der Waals surface area contributed by atoms with Crippen molar-refractivity contribution in [3.8, 4) is 11.3 Å². The number of fused-ring (bicyclic) bond motifs is 1. The van der Waals surface area contributed by atoms with Gasteiger partial charge < -0.3 is 14.5 Å². The molecule has 3 aromatic rings. The maximum Gasteiger partial charge on any atom is 0.0731 e. The molecular weight excluding hydrogens is 466 g/mol. The largest absolute Gasteiger partial charge is 0.381 e. The van der Waals surface area contributed by atoms with E-state index >= 15 is 0 Å². The fourth-order valence-electron chi connectivity index (χ4n) is 6.34. The van der Waals surface area contributed by atoms with E-state index in [2.05, 4.69) is 93.8 Å². The standard InChI is InChI=1S/C33H43N3O.CH4/c1-21(2)26-12-11-22(3)31(18-26)35-15-14-29-28(20-35)32(36-16-13-27(37-7)17-25(36)6)19-30(34-29)33-23(4)9-8-10-24(33)5;/h8-12,18-19,21,25,27H,13-17,20H2,1-7H3;1H4/t25-,27-;/m1./s1. The molecule has 3 heterocycles. The van der Waals surface area contributed by atoms with E-state index in [1.54, 1.807) is 0 Å². The molecule has 2 aliphatic rings. The van der Waals surface area contributed by atoms with E-state index in [4.69, 9.17) is 9.72 Å². The van der Waals surface area contributed by atoms with Gasteiger partial charge in [0.05, 0.1) is 11.8 Å². The molecule has 0 radical (unpaired) electrons. The van der Waals surface area contributed by atoms with Gasteiger partial charge in [0.2, 0.25) is 0 Å². The molecule has 4 nitrogen and oxygen atoms in total. The molecule has 0 N–H and O–H groups in total. The molecule has 2 aromatic carbocycles. The van der Waals surface area contributed by atoms with Crippen LogP contribution >= 0.6 is 0 Å². The number of aromatic nitrogens is 1. The third-order valence-electron chi connectivity index (χ3n) is 8.60. The number of ether oxygens (including phenoxy) is 1. The Balaban J connectivity index is 0.00000336. The first-order chi connectivity index (χ1) is 17.8. The predicted molar refractivity (Wildman–Crippen MR) is 163 cm³/mol. The summed E-state index contributed by atoms with van der Waals surface area (Å²) in [6.07, 6.45) is 3.44. The molecule has 0 spiro atoms. The highest BCUT2D eigenvalue weighted by atomic mass is 16.5. The highest BCUT2D eigenvalue weighted by Gasteiger charge is 2.31. The van der Waals surface area contributed by atoms with E-state index in [1.807, 2.05) is 7.11 Å². The van der Waals surface area contributed by atoms with Crippen molar-refractivity contribution in [3.63, 3.8) is 0 Å². The van der Waals surface area contributed by atoms with E-state index in [0.29, 0.717) is 18.1 Å². The van der Waals surface area contributed by atoms with Crippen LogP contribution in [0, 0.1) is 20.8 Å². The summed E-state index contributed by atoms with van der Waals surface area (Å²) in [6.45, 7) is 16.5. The zero-order valence-electron chi connectivity index (χ0n) is 23.8. The summed E-state index contributed by atoms with van der Waals surface area (Å²) in [4.78, 5) is 10.6. The zero-order valence-corrected chi connectivity index (χ0v) is 23.8. The maximum atomic E-state index is 5.75. The summed E-state index contributed by atoms with van der Waals surface area (Å²) in [5.74, 6) is 0.525. The Hall–Kier alpha value is -2.85. The third-order valence-corrected chi connectivity index (χ3v) is 8.60. The number of aryl methyl sites for hydroxylation is 3. The van der Waals surface area contributed by atoms with Gasteiger partial charge in [-0.1, -0.05) is 51.6 Å². The van der Waals surface area contributed by atoms with Gasteiger partial charge in [0.25, 0.3) is 0 Å². The number of hydrogen-bond donors (Lipinski definition) is 0. The van der Waals surface area contributed by atoms with Crippen LogP contribution in [0.1, 0.15) is 80.5 Å². The summed E-state index contributed by atoms with van der Waals surface area (Å²) < 4.78 is 5.75. The fourth-order valence-corrected chi connectivity index (χ4v) is 6.34. The van der Waals surface area contributed by atoms with Crippen molar-refractivity contribution in [2.75, 3.05) is 30.0 Å². The number of hydrogen-bond acceptors (Lipinski definition) is 4. The van der Waals surface area contributed by atoms with Crippen molar-refractivity contribution in [2.45, 2.75) is 92.8 Å². The number of pyridine rings is 1. The monoisotopic (exact) mass is 513 g/mol. The Bertz CT molecular complexity index is 1260. The second-order valence-electron chi connectivity index (χ2n) is 11.5. The van der Waals surface area contributed by atoms with Crippen LogP contribution in [-0.2, 0) is 17.7 Å². The first-order valence-corrected chi connectivity index (χ1v) is 14.0. The number of anilines is 2. The van der Waals surface area contributed by atoms with Crippen molar-refractivity contribution >= 4 is 11.4 Å². The number of benzene rings is 2.